The van der Waals surface area contributed by atoms with Gasteiger partial charge in [0.05, 0.1) is 22.0 Å². The molecule has 166 valence electrons. The fourth-order valence-electron chi connectivity index (χ4n) is 4.02. The van der Waals surface area contributed by atoms with E-state index in [1.807, 2.05) is 30.0 Å². The first-order valence-corrected chi connectivity index (χ1v) is 11.2. The van der Waals surface area contributed by atoms with Crippen LogP contribution in [-0.2, 0) is 6.42 Å². The third-order valence-electron chi connectivity index (χ3n) is 5.82. The van der Waals surface area contributed by atoms with Crippen LogP contribution in [0, 0.1) is 0 Å². The zero-order valence-corrected chi connectivity index (χ0v) is 19.1. The predicted octanol–water partition coefficient (Wildman–Crippen LogP) is 3.78. The molecule has 1 fully saturated rings. The second-order valence-corrected chi connectivity index (χ2v) is 8.42. The molecule has 8 heteroatoms. The predicted molar refractivity (Wildman–Crippen MR) is 128 cm³/mol. The lowest BCUT2D eigenvalue weighted by Crippen LogP contribution is -2.34. The molecule has 32 heavy (non-hydrogen) atoms. The molecule has 3 aromatic rings. The SMILES string of the molecule is CCc1ncnc(-c2ccc(C(=O)N3CCCN(C)CC3)c(Cl)c2)c1-c1ccc(N)nc1. The molecule has 0 bridgehead atoms. The third-order valence-corrected chi connectivity index (χ3v) is 6.13. The molecule has 1 saturated heterocycles. The summed E-state index contributed by atoms with van der Waals surface area (Å²) in [6.07, 6.45) is 4.98. The van der Waals surface area contributed by atoms with Gasteiger partial charge in [0.1, 0.15) is 12.1 Å². The highest BCUT2D eigenvalue weighted by atomic mass is 35.5. The van der Waals surface area contributed by atoms with Crippen molar-refractivity contribution in [3.05, 3.63) is 59.1 Å². The number of likely N-dealkylation sites (N-methyl/N-ethyl adjacent to an activating group) is 1. The van der Waals surface area contributed by atoms with E-state index in [0.717, 1.165) is 60.6 Å². The number of aryl methyl sites for hydroxylation is 1. The summed E-state index contributed by atoms with van der Waals surface area (Å²) in [4.78, 5) is 30.5. The highest BCUT2D eigenvalue weighted by Crippen LogP contribution is 2.34. The number of nitrogens with zero attached hydrogens (tertiary/aromatic N) is 5. The van der Waals surface area contributed by atoms with Gasteiger partial charge in [0.15, 0.2) is 0 Å². The Balaban J connectivity index is 1.70. The average molecular weight is 451 g/mol. The number of nitrogen functional groups attached to an aromatic ring is 1. The Hall–Kier alpha value is -3.03. The van der Waals surface area contributed by atoms with Crippen LogP contribution in [0.25, 0.3) is 22.4 Å². The molecule has 0 aliphatic carbocycles. The number of hydrogen-bond acceptors (Lipinski definition) is 6. The third kappa shape index (κ3) is 4.59. The molecule has 1 aromatic carbocycles. The summed E-state index contributed by atoms with van der Waals surface area (Å²) in [5.41, 5.74) is 10.6. The summed E-state index contributed by atoms with van der Waals surface area (Å²) in [7, 11) is 2.08. The van der Waals surface area contributed by atoms with E-state index < -0.39 is 0 Å². The monoisotopic (exact) mass is 450 g/mol. The number of pyridine rings is 1. The minimum atomic E-state index is -0.0308. The highest BCUT2D eigenvalue weighted by molar-refractivity contribution is 6.34. The van der Waals surface area contributed by atoms with E-state index >= 15 is 0 Å². The maximum Gasteiger partial charge on any atom is 0.255 e. The molecule has 0 spiro atoms. The summed E-state index contributed by atoms with van der Waals surface area (Å²) in [6, 6.07) is 9.19. The van der Waals surface area contributed by atoms with E-state index in [1.54, 1.807) is 24.7 Å². The first-order chi connectivity index (χ1) is 15.5. The van der Waals surface area contributed by atoms with Gasteiger partial charge in [0, 0.05) is 42.5 Å². The quantitative estimate of drug-likeness (QED) is 0.650. The van der Waals surface area contributed by atoms with Gasteiger partial charge < -0.3 is 15.5 Å². The molecule has 0 unspecified atom stereocenters. The Kier molecular flexibility index (Phi) is 6.67. The van der Waals surface area contributed by atoms with Crippen molar-refractivity contribution in [2.75, 3.05) is 39.0 Å². The normalized spacial score (nSPS) is 14.9. The Labute approximate surface area is 193 Å². The number of amides is 1. The van der Waals surface area contributed by atoms with Crippen LogP contribution in [0.5, 0.6) is 0 Å². The molecule has 1 amide bonds. The van der Waals surface area contributed by atoms with Crippen molar-refractivity contribution in [2.24, 2.45) is 0 Å². The number of nitrogens with two attached hydrogens (primary N) is 1. The standard InChI is InChI=1S/C24H27ClN6O/c1-3-20-22(17-6-8-21(26)27-14-17)23(29-15-28-20)16-5-7-18(19(25)13-16)24(32)31-10-4-9-30(2)11-12-31/h5-8,13-15H,3-4,9-12H2,1-2H3,(H2,26,27). The second-order valence-electron chi connectivity index (χ2n) is 8.01. The molecular formula is C24H27ClN6O. The highest BCUT2D eigenvalue weighted by Gasteiger charge is 2.22. The molecule has 1 aliphatic heterocycles. The molecule has 2 N–H and O–H groups in total. The van der Waals surface area contributed by atoms with Gasteiger partial charge in [-0.2, -0.15) is 0 Å². The van der Waals surface area contributed by atoms with Crippen molar-refractivity contribution in [1.29, 1.82) is 0 Å². The lowest BCUT2D eigenvalue weighted by molar-refractivity contribution is 0.0763. The van der Waals surface area contributed by atoms with Crippen LogP contribution >= 0.6 is 11.6 Å². The smallest absolute Gasteiger partial charge is 0.255 e. The maximum absolute atomic E-state index is 13.1. The summed E-state index contributed by atoms with van der Waals surface area (Å²) in [5, 5.41) is 0.420. The minimum absolute atomic E-state index is 0.0308. The number of anilines is 1. The summed E-state index contributed by atoms with van der Waals surface area (Å²) in [5.74, 6) is 0.424. The molecule has 4 rings (SSSR count). The number of halogens is 1. The van der Waals surface area contributed by atoms with Crippen LogP contribution in [0.3, 0.4) is 0 Å². The van der Waals surface area contributed by atoms with E-state index in [4.69, 9.17) is 17.3 Å². The first-order valence-electron chi connectivity index (χ1n) is 10.8. The molecular weight excluding hydrogens is 424 g/mol. The zero-order valence-electron chi connectivity index (χ0n) is 18.4. The fraction of sp³-hybridized carbons (Fsp3) is 0.333. The molecule has 0 atom stereocenters. The van der Waals surface area contributed by atoms with Gasteiger partial charge in [-0.15, -0.1) is 0 Å². The van der Waals surface area contributed by atoms with Gasteiger partial charge in [-0.1, -0.05) is 24.6 Å². The average Bonchev–Trinajstić information content (AvgIpc) is 3.03. The summed E-state index contributed by atoms with van der Waals surface area (Å²) >= 11 is 6.63. The molecule has 3 heterocycles. The van der Waals surface area contributed by atoms with Crippen LogP contribution < -0.4 is 5.73 Å². The maximum atomic E-state index is 13.1. The number of aromatic nitrogens is 3. The summed E-state index contributed by atoms with van der Waals surface area (Å²) < 4.78 is 0. The van der Waals surface area contributed by atoms with Gasteiger partial charge >= 0.3 is 0 Å². The number of benzene rings is 1. The molecule has 2 aromatic heterocycles. The van der Waals surface area contributed by atoms with Gasteiger partial charge in [0.25, 0.3) is 5.91 Å². The van der Waals surface area contributed by atoms with Crippen molar-refractivity contribution in [2.45, 2.75) is 19.8 Å². The van der Waals surface area contributed by atoms with E-state index in [1.165, 1.54) is 0 Å². The van der Waals surface area contributed by atoms with Crippen molar-refractivity contribution in [3.63, 3.8) is 0 Å². The van der Waals surface area contributed by atoms with Crippen LogP contribution in [-0.4, -0.2) is 63.9 Å². The lowest BCUT2D eigenvalue weighted by atomic mass is 9.97. The number of carbonyl (C=O) groups excluding carboxylic acids is 1. The Bertz CT molecular complexity index is 1120. The van der Waals surface area contributed by atoms with E-state index in [2.05, 4.69) is 26.9 Å². The number of rotatable bonds is 4. The van der Waals surface area contributed by atoms with Crippen molar-refractivity contribution < 1.29 is 4.79 Å². The van der Waals surface area contributed by atoms with Gasteiger partial charge in [0.2, 0.25) is 0 Å². The molecule has 0 saturated carbocycles. The van der Waals surface area contributed by atoms with Crippen LogP contribution in [0.2, 0.25) is 5.02 Å². The largest absolute Gasteiger partial charge is 0.384 e. The van der Waals surface area contributed by atoms with Crippen LogP contribution in [0.15, 0.2) is 42.9 Å². The topological polar surface area (TPSA) is 88.2 Å². The van der Waals surface area contributed by atoms with Gasteiger partial charge in [-0.25, -0.2) is 15.0 Å². The van der Waals surface area contributed by atoms with Gasteiger partial charge in [-0.3, -0.25) is 4.79 Å². The Morgan fingerprint density at radius 2 is 1.88 bits per heavy atom. The van der Waals surface area contributed by atoms with Crippen LogP contribution in [0.1, 0.15) is 29.4 Å². The number of hydrogen-bond donors (Lipinski definition) is 1. The van der Waals surface area contributed by atoms with E-state index in [-0.39, 0.29) is 5.91 Å². The fourth-order valence-corrected chi connectivity index (χ4v) is 4.28. The summed E-state index contributed by atoms with van der Waals surface area (Å²) in [6.45, 7) is 5.34. The lowest BCUT2D eigenvalue weighted by Gasteiger charge is -2.21. The zero-order chi connectivity index (χ0) is 22.7. The van der Waals surface area contributed by atoms with Crippen molar-refractivity contribution >= 4 is 23.3 Å². The van der Waals surface area contributed by atoms with E-state index in [0.29, 0.717) is 22.9 Å². The van der Waals surface area contributed by atoms with Gasteiger partial charge in [-0.05, 0) is 50.7 Å². The minimum Gasteiger partial charge on any atom is -0.384 e. The molecule has 1 aliphatic rings. The van der Waals surface area contributed by atoms with Crippen molar-refractivity contribution in [1.82, 2.24) is 24.8 Å². The van der Waals surface area contributed by atoms with Crippen molar-refractivity contribution in [3.8, 4) is 22.4 Å². The molecule has 0 radical (unpaired) electrons. The second kappa shape index (κ2) is 9.63. The van der Waals surface area contributed by atoms with Crippen LogP contribution in [0.4, 0.5) is 5.82 Å². The number of carbonyl (C=O) groups is 1. The Morgan fingerprint density at radius 1 is 1.06 bits per heavy atom. The first kappa shape index (κ1) is 22.2. The van der Waals surface area contributed by atoms with E-state index in [9.17, 15) is 4.79 Å². The Morgan fingerprint density at radius 3 is 2.59 bits per heavy atom. The molecule has 7 nitrogen and oxygen atoms in total.